The molecule has 5 nitrogen and oxygen atoms in total. The molecule has 0 atom stereocenters. The number of nitriles is 1. The maximum atomic E-state index is 12.7. The second-order valence-corrected chi connectivity index (χ2v) is 14.6. The van der Waals surface area contributed by atoms with E-state index >= 15 is 0 Å². The van der Waals surface area contributed by atoms with Crippen molar-refractivity contribution >= 4 is 37.3 Å². The first-order valence-corrected chi connectivity index (χ1v) is 16.3. The number of hydrogen-bond donors (Lipinski definition) is 1. The van der Waals surface area contributed by atoms with Crippen molar-refractivity contribution in [1.29, 1.82) is 5.26 Å². The molecule has 0 aliphatic carbocycles. The molecule has 0 spiro atoms. The number of rotatable bonds is 7. The molecule has 0 radical (unpaired) electrons. The Labute approximate surface area is 222 Å². The molecular weight excluding hydrogens is 581 g/mol. The van der Waals surface area contributed by atoms with E-state index in [0.29, 0.717) is 17.7 Å². The van der Waals surface area contributed by atoms with Crippen LogP contribution in [0.25, 0.3) is 21.0 Å². The minimum absolute atomic E-state index is 0.00513. The summed E-state index contributed by atoms with van der Waals surface area (Å²) in [6, 6.07) is 24.2. The summed E-state index contributed by atoms with van der Waals surface area (Å²) in [5.74, 6) is 0.711. The Kier molecular flexibility index (Phi) is 7.35. The van der Waals surface area contributed by atoms with Crippen molar-refractivity contribution in [1.82, 2.24) is 8.51 Å². The number of aromatic nitrogens is 1. The normalized spacial score (nSPS) is 13.3. The third-order valence-corrected chi connectivity index (χ3v) is 12.2. The quantitative estimate of drug-likeness (QED) is 0.145. The SMILES string of the molecule is CC(C)Oc1ccc(-c2ncc(-c3cccc4c3CCI4NC(=O)Cc3ccccc3)s2)cc1C#N. The van der Waals surface area contributed by atoms with Gasteiger partial charge >= 0.3 is 210 Å². The summed E-state index contributed by atoms with van der Waals surface area (Å²) in [6.07, 6.45) is 3.33. The zero-order valence-corrected chi connectivity index (χ0v) is 23.1. The molecule has 3 aromatic carbocycles. The summed E-state index contributed by atoms with van der Waals surface area (Å²) >= 11 is -0.152. The first kappa shape index (κ1) is 24.5. The number of amides is 1. The summed E-state index contributed by atoms with van der Waals surface area (Å²) in [5, 5.41) is 10.5. The average Bonchev–Trinajstić information content (AvgIpc) is 3.52. The number of nitrogens with zero attached hydrogens (tertiary/aromatic N) is 2. The zero-order chi connectivity index (χ0) is 25.1. The zero-order valence-electron chi connectivity index (χ0n) is 20.1. The van der Waals surface area contributed by atoms with Crippen molar-refractivity contribution in [2.75, 3.05) is 4.43 Å². The van der Waals surface area contributed by atoms with Crippen LogP contribution in [-0.4, -0.2) is 21.4 Å². The van der Waals surface area contributed by atoms with Gasteiger partial charge in [0.1, 0.15) is 0 Å². The van der Waals surface area contributed by atoms with E-state index < -0.39 is 20.1 Å². The Bertz CT molecular complexity index is 1440. The molecule has 4 aromatic rings. The number of benzene rings is 3. The predicted octanol–water partition coefficient (Wildman–Crippen LogP) is 6.64. The van der Waals surface area contributed by atoms with E-state index in [1.54, 1.807) is 11.3 Å². The van der Waals surface area contributed by atoms with E-state index in [4.69, 9.17) is 4.74 Å². The van der Waals surface area contributed by atoms with Gasteiger partial charge in [-0.25, -0.2) is 0 Å². The van der Waals surface area contributed by atoms with E-state index in [1.165, 1.54) is 14.7 Å². The molecule has 0 bridgehead atoms. The molecule has 0 fully saturated rings. The maximum absolute atomic E-state index is 12.7. The number of hydrogen-bond acceptors (Lipinski definition) is 5. The van der Waals surface area contributed by atoms with E-state index in [9.17, 15) is 10.1 Å². The van der Waals surface area contributed by atoms with Crippen LogP contribution in [0, 0.1) is 14.9 Å². The van der Waals surface area contributed by atoms with Crippen LogP contribution in [0.4, 0.5) is 0 Å². The fourth-order valence-corrected chi connectivity index (χ4v) is 10.3. The molecule has 7 heteroatoms. The molecule has 1 N–H and O–H groups in total. The first-order valence-electron chi connectivity index (χ1n) is 11.8. The number of carbonyl (C=O) groups is 1. The van der Waals surface area contributed by atoms with Gasteiger partial charge in [0.15, 0.2) is 0 Å². The van der Waals surface area contributed by atoms with Gasteiger partial charge < -0.3 is 0 Å². The molecule has 1 aromatic heterocycles. The Morgan fingerprint density at radius 3 is 2.78 bits per heavy atom. The van der Waals surface area contributed by atoms with Crippen molar-refractivity contribution in [3.05, 3.63) is 93.2 Å². The molecule has 36 heavy (non-hydrogen) atoms. The van der Waals surface area contributed by atoms with Crippen LogP contribution >= 0.6 is 31.4 Å². The van der Waals surface area contributed by atoms with E-state index in [2.05, 4.69) is 32.8 Å². The van der Waals surface area contributed by atoms with Crippen LogP contribution in [0.3, 0.4) is 0 Å². The number of alkyl halides is 1. The Morgan fingerprint density at radius 2 is 2.00 bits per heavy atom. The molecule has 2 heterocycles. The summed E-state index contributed by atoms with van der Waals surface area (Å²) in [7, 11) is 0. The summed E-state index contributed by atoms with van der Waals surface area (Å²) in [6.45, 7) is 3.89. The van der Waals surface area contributed by atoms with Gasteiger partial charge in [-0.1, -0.05) is 0 Å². The third-order valence-electron chi connectivity index (χ3n) is 5.81. The minimum atomic E-state index is -1.78. The van der Waals surface area contributed by atoms with Crippen LogP contribution < -0.4 is 8.27 Å². The predicted molar refractivity (Wildman–Crippen MR) is 153 cm³/mol. The van der Waals surface area contributed by atoms with Crippen molar-refractivity contribution in [2.45, 2.75) is 32.8 Å². The van der Waals surface area contributed by atoms with Gasteiger partial charge in [0, 0.05) is 0 Å². The number of nitrogens with one attached hydrogen (secondary N) is 1. The molecule has 0 unspecified atom stereocenters. The van der Waals surface area contributed by atoms with Crippen LogP contribution in [0.1, 0.15) is 30.5 Å². The first-order chi connectivity index (χ1) is 17.5. The summed E-state index contributed by atoms with van der Waals surface area (Å²) in [4.78, 5) is 18.5. The van der Waals surface area contributed by atoms with E-state index in [-0.39, 0.29) is 12.0 Å². The molecule has 182 valence electrons. The van der Waals surface area contributed by atoms with Crippen molar-refractivity contribution < 1.29 is 9.53 Å². The standard InChI is InChI=1S/C29H26IN3O2S/c1-19(2)35-26-12-11-21(16-22(26)17-31)29-32-18-27(36-29)24-9-6-10-25-23(24)13-14-30(25)33-28(34)15-20-7-4-3-5-8-20/h3-12,16,18-19H,13-15H2,1-2H3,(H,33,34). The van der Waals surface area contributed by atoms with Gasteiger partial charge in [-0.15, -0.1) is 0 Å². The summed E-state index contributed by atoms with van der Waals surface area (Å²) in [5.41, 5.74) is 5.01. The number of thiazole rings is 1. The number of fused-ring (bicyclic) bond motifs is 1. The average molecular weight is 608 g/mol. The van der Waals surface area contributed by atoms with Crippen LogP contribution in [0.15, 0.2) is 72.9 Å². The summed E-state index contributed by atoms with van der Waals surface area (Å²) < 4.78 is 11.5. The van der Waals surface area contributed by atoms with Crippen molar-refractivity contribution in [2.24, 2.45) is 0 Å². The molecule has 0 saturated carbocycles. The molecule has 5 rings (SSSR count). The van der Waals surface area contributed by atoms with Crippen LogP contribution in [0.2, 0.25) is 0 Å². The van der Waals surface area contributed by atoms with Crippen LogP contribution in [-0.2, 0) is 17.6 Å². The topological polar surface area (TPSA) is 75.0 Å². The monoisotopic (exact) mass is 607 g/mol. The number of carbonyl (C=O) groups excluding carboxylic acids is 1. The number of halogens is 1. The molecule has 1 amide bonds. The van der Waals surface area contributed by atoms with Gasteiger partial charge in [-0.2, -0.15) is 0 Å². The number of ether oxygens (including phenoxy) is 1. The van der Waals surface area contributed by atoms with Gasteiger partial charge in [-0.3, -0.25) is 0 Å². The van der Waals surface area contributed by atoms with Gasteiger partial charge in [0.2, 0.25) is 0 Å². The van der Waals surface area contributed by atoms with Crippen LogP contribution in [0.5, 0.6) is 5.75 Å². The fourth-order valence-electron chi connectivity index (χ4n) is 4.23. The van der Waals surface area contributed by atoms with E-state index in [0.717, 1.165) is 31.9 Å². The molecule has 1 aliphatic heterocycles. The Hall–Kier alpha value is -3.22. The Balaban J connectivity index is 1.36. The van der Waals surface area contributed by atoms with Crippen molar-refractivity contribution in [3.63, 3.8) is 0 Å². The van der Waals surface area contributed by atoms with Gasteiger partial charge in [-0.05, 0) is 13.8 Å². The van der Waals surface area contributed by atoms with Crippen molar-refractivity contribution in [3.8, 4) is 32.8 Å². The van der Waals surface area contributed by atoms with Gasteiger partial charge in [0.25, 0.3) is 0 Å². The second-order valence-electron chi connectivity index (χ2n) is 8.77. The third kappa shape index (κ3) is 5.30. The molecule has 0 saturated heterocycles. The fraction of sp³-hybridized carbons (Fsp3) is 0.207. The molecular formula is C29H26IN3O2S. The van der Waals surface area contributed by atoms with E-state index in [1.807, 2.05) is 68.6 Å². The second kappa shape index (κ2) is 10.8. The van der Waals surface area contributed by atoms with Gasteiger partial charge in [0.05, 0.1) is 0 Å². The Morgan fingerprint density at radius 1 is 1.17 bits per heavy atom. The molecule has 1 aliphatic rings.